The maximum Gasteiger partial charge on any atom is 0.252 e. The summed E-state index contributed by atoms with van der Waals surface area (Å²) in [7, 11) is 4.75. The number of aryl methyl sites for hydroxylation is 3. The van der Waals surface area contributed by atoms with Gasteiger partial charge in [-0.15, -0.1) is 0 Å². The van der Waals surface area contributed by atoms with Crippen LogP contribution in [-0.4, -0.2) is 46.9 Å². The Morgan fingerprint density at radius 3 is 2.20 bits per heavy atom. The molecule has 3 aromatic rings. The molecule has 9 heteroatoms. The van der Waals surface area contributed by atoms with Crippen molar-refractivity contribution in [1.82, 2.24) is 19.7 Å². The van der Waals surface area contributed by atoms with Gasteiger partial charge in [0.05, 0.1) is 27.0 Å². The highest BCUT2D eigenvalue weighted by molar-refractivity contribution is 6.01. The Kier molecular flexibility index (Phi) is 5.70. The van der Waals surface area contributed by atoms with Gasteiger partial charge in [0.15, 0.2) is 17.3 Å². The normalized spacial score (nSPS) is 17.0. The van der Waals surface area contributed by atoms with Crippen LogP contribution >= 0.6 is 0 Å². The van der Waals surface area contributed by atoms with Crippen molar-refractivity contribution in [3.63, 3.8) is 0 Å². The van der Waals surface area contributed by atoms with E-state index in [9.17, 15) is 4.79 Å². The molecule has 1 N–H and O–H groups in total. The molecule has 0 spiro atoms. The highest BCUT2D eigenvalue weighted by Gasteiger charge is 2.39. The molecule has 0 fully saturated rings. The summed E-state index contributed by atoms with van der Waals surface area (Å²) in [5, 5.41) is 8.35. The van der Waals surface area contributed by atoms with Crippen LogP contribution in [0, 0.1) is 20.8 Å². The lowest BCUT2D eigenvalue weighted by atomic mass is 9.76. The second-order valence-corrected chi connectivity index (χ2v) is 8.90. The number of nitrogens with one attached hydrogen (secondary N) is 1. The average Bonchev–Trinajstić information content (AvgIpc) is 3.17. The standard InChI is InChI=1S/C26H29N5O4/c1-13-10-14(2)28-26(27-13)31-25-21(15(3)30-31)22(23-17(29-25)8-7-9-18(23)32)16-11-19(33-4)24(35-6)20(12-16)34-5/h10-12,22,29H,7-9H2,1-6H3/t22-/m1/s1. The zero-order valence-electron chi connectivity index (χ0n) is 20.9. The summed E-state index contributed by atoms with van der Waals surface area (Å²) in [5.41, 5.74) is 5.97. The molecule has 5 rings (SSSR count). The van der Waals surface area contributed by atoms with Crippen molar-refractivity contribution in [3.05, 3.63) is 57.7 Å². The molecule has 2 aliphatic rings. The second kappa shape index (κ2) is 8.72. The number of aromatic nitrogens is 4. The summed E-state index contributed by atoms with van der Waals surface area (Å²) in [6, 6.07) is 5.76. The summed E-state index contributed by atoms with van der Waals surface area (Å²) in [6.07, 6.45) is 2.10. The van der Waals surface area contributed by atoms with Crippen LogP contribution in [-0.2, 0) is 4.79 Å². The maximum atomic E-state index is 13.3. The third-order valence-corrected chi connectivity index (χ3v) is 6.59. The molecule has 1 aromatic carbocycles. The van der Waals surface area contributed by atoms with Crippen LogP contribution in [0.4, 0.5) is 5.82 Å². The number of Topliss-reactive ketones (excluding diaryl/α,β-unsaturated/α-hetero) is 1. The van der Waals surface area contributed by atoms with E-state index in [1.807, 2.05) is 39.0 Å². The summed E-state index contributed by atoms with van der Waals surface area (Å²) in [4.78, 5) is 22.6. The maximum absolute atomic E-state index is 13.3. The smallest absolute Gasteiger partial charge is 0.252 e. The van der Waals surface area contributed by atoms with Gasteiger partial charge >= 0.3 is 0 Å². The third-order valence-electron chi connectivity index (χ3n) is 6.59. The number of allylic oxidation sites excluding steroid dienone is 2. The monoisotopic (exact) mass is 475 g/mol. The van der Waals surface area contributed by atoms with Crippen LogP contribution in [0.25, 0.3) is 5.95 Å². The van der Waals surface area contributed by atoms with Crippen molar-refractivity contribution in [2.45, 2.75) is 46.0 Å². The SMILES string of the molecule is COc1cc([C@H]2C3=C(CCCC3=O)Nc3c2c(C)nn3-c2nc(C)cc(C)n2)cc(OC)c1OC. The fourth-order valence-corrected chi connectivity index (χ4v) is 5.17. The number of benzene rings is 1. The molecule has 182 valence electrons. The second-order valence-electron chi connectivity index (χ2n) is 8.90. The lowest BCUT2D eigenvalue weighted by molar-refractivity contribution is -0.116. The number of ketones is 1. The van der Waals surface area contributed by atoms with Crippen molar-refractivity contribution in [2.75, 3.05) is 26.6 Å². The quantitative estimate of drug-likeness (QED) is 0.587. The lowest BCUT2D eigenvalue weighted by Gasteiger charge is -2.33. The predicted molar refractivity (Wildman–Crippen MR) is 131 cm³/mol. The molecule has 0 amide bonds. The van der Waals surface area contributed by atoms with Crippen LogP contribution in [0.15, 0.2) is 29.5 Å². The van der Waals surface area contributed by atoms with E-state index in [0.29, 0.717) is 29.6 Å². The molecule has 1 aliphatic heterocycles. The Morgan fingerprint density at radius 2 is 1.60 bits per heavy atom. The zero-order valence-corrected chi connectivity index (χ0v) is 20.9. The fraction of sp³-hybridized carbons (Fsp3) is 0.385. The number of ether oxygens (including phenoxy) is 3. The van der Waals surface area contributed by atoms with Crippen molar-refractivity contribution in [2.24, 2.45) is 0 Å². The molecule has 35 heavy (non-hydrogen) atoms. The van der Waals surface area contributed by atoms with E-state index in [2.05, 4.69) is 15.3 Å². The zero-order chi connectivity index (χ0) is 24.9. The fourth-order valence-electron chi connectivity index (χ4n) is 5.17. The number of hydrogen-bond donors (Lipinski definition) is 1. The first-order chi connectivity index (χ1) is 16.9. The first-order valence-corrected chi connectivity index (χ1v) is 11.6. The molecule has 0 saturated carbocycles. The van der Waals surface area contributed by atoms with Gasteiger partial charge in [0.2, 0.25) is 5.75 Å². The van der Waals surface area contributed by atoms with Crippen LogP contribution < -0.4 is 19.5 Å². The van der Waals surface area contributed by atoms with E-state index in [1.54, 1.807) is 26.0 Å². The summed E-state index contributed by atoms with van der Waals surface area (Å²) in [5.74, 6) is 2.65. The van der Waals surface area contributed by atoms with Gasteiger partial charge in [-0.1, -0.05) is 0 Å². The van der Waals surface area contributed by atoms with Gasteiger partial charge in [0.1, 0.15) is 5.82 Å². The topological polar surface area (TPSA) is 100 Å². The molecule has 2 aromatic heterocycles. The van der Waals surface area contributed by atoms with E-state index in [0.717, 1.165) is 58.1 Å². The van der Waals surface area contributed by atoms with Gasteiger partial charge in [-0.05, 0) is 57.4 Å². The third kappa shape index (κ3) is 3.71. The molecular formula is C26H29N5O4. The Balaban J connectivity index is 1.78. The molecule has 3 heterocycles. The number of nitrogens with zero attached hydrogens (tertiary/aromatic N) is 4. The molecule has 0 unspecified atom stereocenters. The predicted octanol–water partition coefficient (Wildman–Crippen LogP) is 4.18. The van der Waals surface area contributed by atoms with Crippen LogP contribution in [0.5, 0.6) is 17.2 Å². The van der Waals surface area contributed by atoms with Crippen LogP contribution in [0.3, 0.4) is 0 Å². The number of fused-ring (bicyclic) bond motifs is 1. The van der Waals surface area contributed by atoms with Crippen LogP contribution in [0.1, 0.15) is 53.4 Å². The Labute approximate surface area is 204 Å². The molecule has 0 radical (unpaired) electrons. The minimum atomic E-state index is -0.345. The largest absolute Gasteiger partial charge is 0.493 e. The van der Waals surface area contributed by atoms with Gasteiger partial charge < -0.3 is 19.5 Å². The number of anilines is 1. The van der Waals surface area contributed by atoms with Crippen molar-refractivity contribution in [3.8, 4) is 23.2 Å². The van der Waals surface area contributed by atoms with Gasteiger partial charge in [0.25, 0.3) is 5.95 Å². The van der Waals surface area contributed by atoms with Gasteiger partial charge in [-0.3, -0.25) is 4.79 Å². The lowest BCUT2D eigenvalue weighted by Crippen LogP contribution is -2.27. The van der Waals surface area contributed by atoms with Crippen LogP contribution in [0.2, 0.25) is 0 Å². The van der Waals surface area contributed by atoms with E-state index in [-0.39, 0.29) is 11.7 Å². The summed E-state index contributed by atoms with van der Waals surface area (Å²) >= 11 is 0. The highest BCUT2D eigenvalue weighted by Crippen LogP contribution is 2.50. The van der Waals surface area contributed by atoms with Crippen molar-refractivity contribution < 1.29 is 19.0 Å². The highest BCUT2D eigenvalue weighted by atomic mass is 16.5. The summed E-state index contributed by atoms with van der Waals surface area (Å²) in [6.45, 7) is 5.82. The number of carbonyl (C=O) groups excluding carboxylic acids is 1. The average molecular weight is 476 g/mol. The Bertz CT molecular complexity index is 1330. The van der Waals surface area contributed by atoms with Crippen molar-refractivity contribution in [1.29, 1.82) is 0 Å². The first kappa shape index (κ1) is 22.9. The molecule has 0 bridgehead atoms. The Morgan fingerprint density at radius 1 is 0.943 bits per heavy atom. The first-order valence-electron chi connectivity index (χ1n) is 11.6. The minimum absolute atomic E-state index is 0.137. The minimum Gasteiger partial charge on any atom is -0.493 e. The van der Waals surface area contributed by atoms with E-state index >= 15 is 0 Å². The number of hydrogen-bond acceptors (Lipinski definition) is 8. The van der Waals surface area contributed by atoms with Gasteiger partial charge in [0, 0.05) is 40.6 Å². The van der Waals surface area contributed by atoms with Crippen molar-refractivity contribution >= 4 is 11.6 Å². The van der Waals surface area contributed by atoms with E-state index in [1.165, 1.54) is 0 Å². The van der Waals surface area contributed by atoms with E-state index < -0.39 is 0 Å². The molecule has 1 aliphatic carbocycles. The number of carbonyl (C=O) groups is 1. The number of rotatable bonds is 5. The molecule has 9 nitrogen and oxygen atoms in total. The van der Waals surface area contributed by atoms with E-state index in [4.69, 9.17) is 19.3 Å². The molecule has 0 saturated heterocycles. The van der Waals surface area contributed by atoms with Gasteiger partial charge in [-0.2, -0.15) is 9.78 Å². The number of methoxy groups -OCH3 is 3. The summed E-state index contributed by atoms with van der Waals surface area (Å²) < 4.78 is 18.5. The molecular weight excluding hydrogens is 446 g/mol. The van der Waals surface area contributed by atoms with Gasteiger partial charge in [-0.25, -0.2) is 9.97 Å². The Hall–Kier alpha value is -3.88. The molecule has 1 atom stereocenters.